The van der Waals surface area contributed by atoms with Gasteiger partial charge in [0.2, 0.25) is 0 Å². The van der Waals surface area contributed by atoms with Gasteiger partial charge < -0.3 is 10.2 Å². The van der Waals surface area contributed by atoms with Gasteiger partial charge in [0.05, 0.1) is 24.5 Å². The van der Waals surface area contributed by atoms with Gasteiger partial charge in [-0.25, -0.2) is 4.68 Å². The Labute approximate surface area is 161 Å². The molecule has 5 nitrogen and oxygen atoms in total. The van der Waals surface area contributed by atoms with Gasteiger partial charge in [-0.1, -0.05) is 48.0 Å². The largest absolute Gasteiger partial charge is 0.380 e. The highest BCUT2D eigenvalue weighted by molar-refractivity contribution is 7.10. The Bertz CT molecular complexity index is 894. The second kappa shape index (κ2) is 8.49. The van der Waals surface area contributed by atoms with Gasteiger partial charge in [-0.3, -0.25) is 4.79 Å². The summed E-state index contributed by atoms with van der Waals surface area (Å²) in [5, 5.41) is 9.76. The number of nitrogens with zero attached hydrogens (tertiary/aromatic N) is 3. The van der Waals surface area contributed by atoms with Crippen molar-refractivity contribution in [1.29, 1.82) is 0 Å². The summed E-state index contributed by atoms with van der Waals surface area (Å²) >= 11 is 8.02. The van der Waals surface area contributed by atoms with Gasteiger partial charge in [0, 0.05) is 11.4 Å². The maximum absolute atomic E-state index is 12.5. The van der Waals surface area contributed by atoms with E-state index in [2.05, 4.69) is 26.8 Å². The Morgan fingerprint density at radius 2 is 2.00 bits per heavy atom. The fraction of sp³-hybridized carbons (Fsp3) is 0.263. The molecule has 0 aliphatic carbocycles. The number of aromatic nitrogens is 2. The Balaban J connectivity index is 1.75. The zero-order chi connectivity index (χ0) is 18.5. The standard InChI is InChI=1S/C19H21ClN4OS/c1-23(2)16(17-9-6-10-26-17)12-21-15-11-22-24(19(25)18(15)20)13-14-7-4-3-5-8-14/h3-11,16,21H,12-13H2,1-2H3/t16-/m1/s1. The molecule has 1 N–H and O–H groups in total. The molecular formula is C19H21ClN4OS. The summed E-state index contributed by atoms with van der Waals surface area (Å²) in [5.74, 6) is 0. The second-order valence-corrected chi connectivity index (χ2v) is 7.55. The van der Waals surface area contributed by atoms with Crippen molar-refractivity contribution in [2.75, 3.05) is 26.0 Å². The van der Waals surface area contributed by atoms with E-state index in [0.29, 0.717) is 18.8 Å². The Kier molecular flexibility index (Phi) is 6.08. The van der Waals surface area contributed by atoms with Gasteiger partial charge in [-0.2, -0.15) is 5.10 Å². The fourth-order valence-electron chi connectivity index (χ4n) is 2.68. The van der Waals surface area contributed by atoms with Crippen LogP contribution in [-0.4, -0.2) is 35.3 Å². The lowest BCUT2D eigenvalue weighted by Crippen LogP contribution is -2.28. The maximum Gasteiger partial charge on any atom is 0.287 e. The number of anilines is 1. The molecule has 136 valence electrons. The van der Waals surface area contributed by atoms with Crippen LogP contribution < -0.4 is 10.9 Å². The SMILES string of the molecule is CN(C)[C@H](CNc1cnn(Cc2ccccc2)c(=O)c1Cl)c1cccs1. The molecule has 3 rings (SSSR count). The number of rotatable bonds is 7. The minimum absolute atomic E-state index is 0.166. The highest BCUT2D eigenvalue weighted by Gasteiger charge is 2.16. The van der Waals surface area contributed by atoms with E-state index < -0.39 is 0 Å². The average molecular weight is 389 g/mol. The molecule has 2 heterocycles. The van der Waals surface area contributed by atoms with E-state index in [9.17, 15) is 4.79 Å². The molecule has 0 radical (unpaired) electrons. The van der Waals surface area contributed by atoms with E-state index in [-0.39, 0.29) is 16.6 Å². The molecule has 3 aromatic rings. The zero-order valence-electron chi connectivity index (χ0n) is 14.7. The topological polar surface area (TPSA) is 50.2 Å². The Morgan fingerprint density at radius 1 is 1.23 bits per heavy atom. The van der Waals surface area contributed by atoms with Crippen LogP contribution in [0.3, 0.4) is 0 Å². The molecule has 0 spiro atoms. The van der Waals surface area contributed by atoms with E-state index in [1.807, 2.05) is 50.5 Å². The zero-order valence-corrected chi connectivity index (χ0v) is 16.3. The molecule has 0 amide bonds. The third kappa shape index (κ3) is 4.33. The predicted molar refractivity (Wildman–Crippen MR) is 108 cm³/mol. The van der Waals surface area contributed by atoms with E-state index in [1.54, 1.807) is 17.5 Å². The molecule has 2 aromatic heterocycles. The molecule has 1 aromatic carbocycles. The van der Waals surface area contributed by atoms with Crippen molar-refractivity contribution in [3.05, 3.63) is 79.9 Å². The van der Waals surface area contributed by atoms with Crippen molar-refractivity contribution in [2.24, 2.45) is 0 Å². The summed E-state index contributed by atoms with van der Waals surface area (Å²) in [6.07, 6.45) is 1.62. The van der Waals surface area contributed by atoms with Crippen molar-refractivity contribution in [2.45, 2.75) is 12.6 Å². The molecular weight excluding hydrogens is 368 g/mol. The van der Waals surface area contributed by atoms with Gasteiger partial charge >= 0.3 is 0 Å². The minimum Gasteiger partial charge on any atom is -0.380 e. The third-order valence-corrected chi connectivity index (χ3v) is 5.48. The minimum atomic E-state index is -0.293. The third-order valence-electron chi connectivity index (χ3n) is 4.14. The first-order chi connectivity index (χ1) is 12.6. The van der Waals surface area contributed by atoms with Crippen LogP contribution in [0.15, 0.2) is 58.8 Å². The average Bonchev–Trinajstić information content (AvgIpc) is 3.16. The molecule has 0 fully saturated rings. The van der Waals surface area contributed by atoms with Crippen LogP contribution >= 0.6 is 22.9 Å². The van der Waals surface area contributed by atoms with Gasteiger partial charge in [0.25, 0.3) is 5.56 Å². The van der Waals surface area contributed by atoms with Crippen LogP contribution in [0.25, 0.3) is 0 Å². The summed E-state index contributed by atoms with van der Waals surface area (Å²) < 4.78 is 1.38. The van der Waals surface area contributed by atoms with Crippen molar-refractivity contribution in [3.8, 4) is 0 Å². The van der Waals surface area contributed by atoms with Crippen LogP contribution in [-0.2, 0) is 6.54 Å². The molecule has 26 heavy (non-hydrogen) atoms. The van der Waals surface area contributed by atoms with Crippen LogP contribution in [0.2, 0.25) is 5.02 Å². The van der Waals surface area contributed by atoms with E-state index >= 15 is 0 Å². The molecule has 0 bridgehead atoms. The summed E-state index contributed by atoms with van der Waals surface area (Å²) in [5.41, 5.74) is 1.27. The molecule has 0 saturated heterocycles. The first kappa shape index (κ1) is 18.6. The fourth-order valence-corrected chi connectivity index (χ4v) is 3.82. The number of nitrogens with one attached hydrogen (secondary N) is 1. The lowest BCUT2D eigenvalue weighted by Gasteiger charge is -2.24. The van der Waals surface area contributed by atoms with Crippen molar-refractivity contribution in [3.63, 3.8) is 0 Å². The molecule has 0 saturated carbocycles. The van der Waals surface area contributed by atoms with Gasteiger partial charge in [-0.05, 0) is 31.1 Å². The monoisotopic (exact) mass is 388 g/mol. The molecule has 0 aliphatic heterocycles. The summed E-state index contributed by atoms with van der Waals surface area (Å²) in [6, 6.07) is 14.1. The smallest absolute Gasteiger partial charge is 0.287 e. The quantitative estimate of drug-likeness (QED) is 0.670. The Hall–Kier alpha value is -2.15. The van der Waals surface area contributed by atoms with E-state index in [1.165, 1.54) is 9.56 Å². The van der Waals surface area contributed by atoms with Crippen molar-refractivity contribution < 1.29 is 0 Å². The first-order valence-corrected chi connectivity index (χ1v) is 9.55. The van der Waals surface area contributed by atoms with Crippen LogP contribution in [0, 0.1) is 0 Å². The molecule has 0 unspecified atom stereocenters. The number of thiophene rings is 1. The highest BCUT2D eigenvalue weighted by Crippen LogP contribution is 2.24. The van der Waals surface area contributed by atoms with E-state index in [4.69, 9.17) is 11.6 Å². The normalized spacial score (nSPS) is 12.3. The Morgan fingerprint density at radius 3 is 2.65 bits per heavy atom. The number of benzene rings is 1. The molecule has 7 heteroatoms. The number of likely N-dealkylation sites (N-methyl/N-ethyl adjacent to an activating group) is 1. The lowest BCUT2D eigenvalue weighted by molar-refractivity contribution is 0.316. The molecule has 0 aliphatic rings. The number of hydrogen-bond acceptors (Lipinski definition) is 5. The first-order valence-electron chi connectivity index (χ1n) is 8.29. The number of halogens is 1. The molecule has 1 atom stereocenters. The lowest BCUT2D eigenvalue weighted by atomic mass is 10.2. The van der Waals surface area contributed by atoms with Crippen molar-refractivity contribution >= 4 is 28.6 Å². The summed E-state index contributed by atoms with van der Waals surface area (Å²) in [7, 11) is 4.06. The maximum atomic E-state index is 12.5. The number of hydrogen-bond donors (Lipinski definition) is 1. The van der Waals surface area contributed by atoms with Crippen molar-refractivity contribution in [1.82, 2.24) is 14.7 Å². The van der Waals surface area contributed by atoms with Gasteiger partial charge in [-0.15, -0.1) is 11.3 Å². The van der Waals surface area contributed by atoms with Crippen LogP contribution in [0.5, 0.6) is 0 Å². The van der Waals surface area contributed by atoms with Crippen LogP contribution in [0.1, 0.15) is 16.5 Å². The summed E-state index contributed by atoms with van der Waals surface area (Å²) in [6.45, 7) is 1.03. The van der Waals surface area contributed by atoms with Gasteiger partial charge in [0.15, 0.2) is 0 Å². The summed E-state index contributed by atoms with van der Waals surface area (Å²) in [4.78, 5) is 15.9. The predicted octanol–water partition coefficient (Wildman–Crippen LogP) is 3.72. The second-order valence-electron chi connectivity index (χ2n) is 6.20. The van der Waals surface area contributed by atoms with Crippen LogP contribution in [0.4, 0.5) is 5.69 Å². The van der Waals surface area contributed by atoms with E-state index in [0.717, 1.165) is 5.56 Å². The van der Waals surface area contributed by atoms with Gasteiger partial charge in [0.1, 0.15) is 5.02 Å². The highest BCUT2D eigenvalue weighted by atomic mass is 35.5.